The number of nitrogens with zero attached hydrogens (tertiary/aromatic N) is 5. The molecule has 3 N–H and O–H groups in total. The topological polar surface area (TPSA) is 115 Å². The van der Waals surface area contributed by atoms with E-state index in [0.717, 1.165) is 42.9 Å². The Morgan fingerprint density at radius 3 is 2.58 bits per heavy atom. The number of fused-ring (bicyclic) bond motifs is 2. The smallest absolute Gasteiger partial charge is 0.227 e. The van der Waals surface area contributed by atoms with Crippen LogP contribution >= 0.6 is 0 Å². The number of hydrogen-bond acceptors (Lipinski definition) is 9. The molecule has 6 rings (SSSR count). The summed E-state index contributed by atoms with van der Waals surface area (Å²) >= 11 is 0. The zero-order valence-electron chi connectivity index (χ0n) is 21.8. The van der Waals surface area contributed by atoms with Gasteiger partial charge in [-0.05, 0) is 75.2 Å². The molecule has 2 unspecified atom stereocenters. The first kappa shape index (κ1) is 25.0. The minimum Gasteiger partial charge on any atom is -0.369 e. The Balaban J connectivity index is 1.06. The van der Waals surface area contributed by atoms with Gasteiger partial charge in [0.1, 0.15) is 5.82 Å². The Morgan fingerprint density at radius 1 is 1.03 bits per heavy atom. The Kier molecular flexibility index (Phi) is 6.67. The van der Waals surface area contributed by atoms with Crippen molar-refractivity contribution in [2.75, 3.05) is 48.8 Å². The highest BCUT2D eigenvalue weighted by Crippen LogP contribution is 2.36. The van der Waals surface area contributed by atoms with Gasteiger partial charge in [-0.15, -0.1) is 0 Å². The molecular weight excluding hydrogens is 500 g/mol. The fourth-order valence-electron chi connectivity index (χ4n) is 5.46. The standard InChI is InChI=1S/C27H34N8O2S/c1-18-13-20(4-7-25(18)35-17-21-14-22(35)16-34(21)2)32-27-29-10-9-24(33-27)19-3-8-26(30-15-19)28-11-12-31-38(36,37)23-5-6-23/h3-4,7-10,13,15,21-23,31H,5-6,11-12,14,16-17H2,1-2H3,(H,28,30)(H,29,32,33). The van der Waals surface area contributed by atoms with Crippen molar-refractivity contribution in [1.29, 1.82) is 0 Å². The Labute approximate surface area is 223 Å². The monoisotopic (exact) mass is 534 g/mol. The molecule has 1 saturated carbocycles. The molecule has 1 aromatic carbocycles. The molecule has 200 valence electrons. The molecule has 10 nitrogen and oxygen atoms in total. The average Bonchev–Trinajstić information content (AvgIpc) is 3.62. The van der Waals surface area contributed by atoms with Crippen LogP contribution in [0.4, 0.5) is 23.1 Å². The molecule has 0 amide bonds. The molecule has 2 saturated heterocycles. The van der Waals surface area contributed by atoms with E-state index in [-0.39, 0.29) is 5.25 Å². The van der Waals surface area contributed by atoms with Gasteiger partial charge in [0.25, 0.3) is 0 Å². The molecule has 4 heterocycles. The quantitative estimate of drug-likeness (QED) is 0.338. The number of sulfonamides is 1. The van der Waals surface area contributed by atoms with E-state index in [0.29, 0.717) is 36.9 Å². The Hall–Kier alpha value is -3.28. The molecule has 2 atom stereocenters. The van der Waals surface area contributed by atoms with Crippen LogP contribution < -0.4 is 20.3 Å². The zero-order chi connectivity index (χ0) is 26.3. The number of likely N-dealkylation sites (N-methyl/N-ethyl adjacent to an activating group) is 1. The molecule has 3 aliphatic rings. The minimum atomic E-state index is -3.16. The summed E-state index contributed by atoms with van der Waals surface area (Å²) in [7, 11) is -0.933. The van der Waals surface area contributed by atoms with Gasteiger partial charge >= 0.3 is 0 Å². The number of benzene rings is 1. The fourth-order valence-corrected chi connectivity index (χ4v) is 6.83. The SMILES string of the molecule is Cc1cc(Nc2nccc(-c3ccc(NCCNS(=O)(=O)C4CC4)nc3)n2)ccc1N1CC2CC1CN2C. The summed E-state index contributed by atoms with van der Waals surface area (Å²) in [5.74, 6) is 1.21. The van der Waals surface area contributed by atoms with Crippen molar-refractivity contribution < 1.29 is 8.42 Å². The van der Waals surface area contributed by atoms with E-state index in [1.54, 1.807) is 12.4 Å². The molecule has 38 heavy (non-hydrogen) atoms. The lowest BCUT2D eigenvalue weighted by atomic mass is 10.1. The maximum Gasteiger partial charge on any atom is 0.227 e. The minimum absolute atomic E-state index is 0.205. The number of rotatable bonds is 10. The summed E-state index contributed by atoms with van der Waals surface area (Å²) < 4.78 is 26.4. The lowest BCUT2D eigenvalue weighted by Gasteiger charge is -2.34. The molecular formula is C27H34N8O2S. The van der Waals surface area contributed by atoms with Crippen molar-refractivity contribution in [2.24, 2.45) is 0 Å². The highest BCUT2D eigenvalue weighted by atomic mass is 32.2. The van der Waals surface area contributed by atoms with Crippen molar-refractivity contribution in [3.05, 3.63) is 54.4 Å². The van der Waals surface area contributed by atoms with Crippen LogP contribution in [0.5, 0.6) is 0 Å². The average molecular weight is 535 g/mol. The van der Waals surface area contributed by atoms with Crippen molar-refractivity contribution >= 4 is 33.2 Å². The zero-order valence-corrected chi connectivity index (χ0v) is 22.6. The molecule has 3 fully saturated rings. The number of aromatic nitrogens is 3. The third-order valence-corrected chi connectivity index (χ3v) is 9.64. The number of anilines is 4. The highest BCUT2D eigenvalue weighted by Gasteiger charge is 2.41. The van der Waals surface area contributed by atoms with E-state index in [2.05, 4.69) is 72.3 Å². The molecule has 2 bridgehead atoms. The predicted molar refractivity (Wildman–Crippen MR) is 150 cm³/mol. The van der Waals surface area contributed by atoms with Crippen LogP contribution in [-0.4, -0.2) is 78.8 Å². The third-order valence-electron chi connectivity index (χ3n) is 7.69. The van der Waals surface area contributed by atoms with Crippen molar-refractivity contribution in [3.63, 3.8) is 0 Å². The van der Waals surface area contributed by atoms with Crippen LogP contribution in [0, 0.1) is 6.92 Å². The molecule has 11 heteroatoms. The largest absolute Gasteiger partial charge is 0.369 e. The summed E-state index contributed by atoms with van der Waals surface area (Å²) in [6, 6.07) is 13.4. The maximum atomic E-state index is 11.9. The molecule has 0 spiro atoms. The maximum absolute atomic E-state index is 11.9. The van der Waals surface area contributed by atoms with Gasteiger partial charge in [-0.3, -0.25) is 4.90 Å². The van der Waals surface area contributed by atoms with Gasteiger partial charge in [-0.25, -0.2) is 28.1 Å². The van der Waals surface area contributed by atoms with Gasteiger partial charge in [0.05, 0.1) is 10.9 Å². The van der Waals surface area contributed by atoms with E-state index >= 15 is 0 Å². The number of likely N-dealkylation sites (tertiary alicyclic amines) is 1. The first-order valence-corrected chi connectivity index (χ1v) is 14.8. The number of pyridine rings is 1. The normalized spacial score (nSPS) is 21.2. The van der Waals surface area contributed by atoms with Crippen LogP contribution in [0.3, 0.4) is 0 Å². The van der Waals surface area contributed by atoms with Gasteiger partial charge in [-0.1, -0.05) is 0 Å². The van der Waals surface area contributed by atoms with E-state index in [1.165, 1.54) is 17.7 Å². The second-order valence-electron chi connectivity index (χ2n) is 10.5. The lowest BCUT2D eigenvalue weighted by molar-refractivity contribution is 0.292. The first-order valence-electron chi connectivity index (χ1n) is 13.2. The summed E-state index contributed by atoms with van der Waals surface area (Å²) in [6.45, 7) is 5.20. The van der Waals surface area contributed by atoms with Crippen LogP contribution in [0.1, 0.15) is 24.8 Å². The van der Waals surface area contributed by atoms with Crippen LogP contribution in [0.15, 0.2) is 48.8 Å². The van der Waals surface area contributed by atoms with Crippen molar-refractivity contribution in [3.8, 4) is 11.3 Å². The molecule has 2 aliphatic heterocycles. The first-order chi connectivity index (χ1) is 18.4. The van der Waals surface area contributed by atoms with E-state index < -0.39 is 10.0 Å². The van der Waals surface area contributed by atoms with Crippen LogP contribution in [-0.2, 0) is 10.0 Å². The summed E-state index contributed by atoms with van der Waals surface area (Å²) in [6.07, 6.45) is 6.26. The molecule has 2 aromatic heterocycles. The van der Waals surface area contributed by atoms with Crippen LogP contribution in [0.2, 0.25) is 0 Å². The van der Waals surface area contributed by atoms with Crippen molar-refractivity contribution in [2.45, 2.75) is 43.5 Å². The Morgan fingerprint density at radius 2 is 1.89 bits per heavy atom. The van der Waals surface area contributed by atoms with Gasteiger partial charge < -0.3 is 15.5 Å². The van der Waals surface area contributed by atoms with E-state index in [9.17, 15) is 8.42 Å². The Bertz CT molecular complexity index is 1410. The second kappa shape index (κ2) is 10.1. The molecule has 1 aliphatic carbocycles. The van der Waals surface area contributed by atoms with E-state index in [4.69, 9.17) is 0 Å². The number of aryl methyl sites for hydroxylation is 1. The molecule has 3 aromatic rings. The number of piperazine rings is 1. The summed E-state index contributed by atoms with van der Waals surface area (Å²) in [4.78, 5) is 18.6. The van der Waals surface area contributed by atoms with E-state index in [1.807, 2.05) is 18.2 Å². The predicted octanol–water partition coefficient (Wildman–Crippen LogP) is 2.98. The number of hydrogen-bond donors (Lipinski definition) is 3. The molecule has 0 radical (unpaired) electrons. The van der Waals surface area contributed by atoms with Crippen LogP contribution in [0.25, 0.3) is 11.3 Å². The summed E-state index contributed by atoms with van der Waals surface area (Å²) in [5.41, 5.74) is 5.15. The highest BCUT2D eigenvalue weighted by molar-refractivity contribution is 7.90. The van der Waals surface area contributed by atoms with Crippen molar-refractivity contribution in [1.82, 2.24) is 24.6 Å². The van der Waals surface area contributed by atoms with Gasteiger partial charge in [-0.2, -0.15) is 0 Å². The fraction of sp³-hybridized carbons (Fsp3) is 0.444. The summed E-state index contributed by atoms with van der Waals surface area (Å²) in [5, 5.41) is 6.29. The van der Waals surface area contributed by atoms with Gasteiger partial charge in [0.2, 0.25) is 16.0 Å². The van der Waals surface area contributed by atoms with Gasteiger partial charge in [0.15, 0.2) is 0 Å². The second-order valence-corrected chi connectivity index (χ2v) is 12.6. The number of nitrogens with one attached hydrogen (secondary N) is 3. The van der Waals surface area contributed by atoms with Gasteiger partial charge in [0, 0.05) is 67.6 Å². The lowest BCUT2D eigenvalue weighted by Crippen LogP contribution is -2.44. The third kappa shape index (κ3) is 5.31.